The third kappa shape index (κ3) is 1.95. The summed E-state index contributed by atoms with van der Waals surface area (Å²) in [5.41, 5.74) is 0.497. The smallest absolute Gasteiger partial charge is 0.262 e. The molecular formula is C12H11NO3. The Hall–Kier alpha value is -2.10. The highest BCUT2D eigenvalue weighted by Crippen LogP contribution is 2.21. The number of carbonyl (C=O) groups excluding carboxylic acids is 2. The van der Waals surface area contributed by atoms with E-state index in [2.05, 4.69) is 5.32 Å². The van der Waals surface area contributed by atoms with Crippen molar-refractivity contribution in [3.05, 3.63) is 41.7 Å². The first-order valence-corrected chi connectivity index (χ1v) is 5.00. The molecular weight excluding hydrogens is 206 g/mol. The number of aliphatic hydroxyl groups is 1. The molecule has 0 radical (unpaired) electrons. The van der Waals surface area contributed by atoms with Crippen LogP contribution in [0, 0.1) is 0 Å². The molecule has 1 amide bonds. The van der Waals surface area contributed by atoms with E-state index < -0.39 is 5.91 Å². The molecule has 16 heavy (non-hydrogen) atoms. The Morgan fingerprint density at radius 2 is 1.88 bits per heavy atom. The van der Waals surface area contributed by atoms with Crippen LogP contribution in [0.25, 0.3) is 0 Å². The lowest BCUT2D eigenvalue weighted by molar-refractivity contribution is -0.119. The third-order valence-corrected chi connectivity index (χ3v) is 2.42. The number of Topliss-reactive ketones (excluding diaryl/α,β-unsaturated/α-hetero) is 1. The molecule has 1 aliphatic carbocycles. The summed E-state index contributed by atoms with van der Waals surface area (Å²) < 4.78 is 0. The van der Waals surface area contributed by atoms with Crippen LogP contribution >= 0.6 is 0 Å². The number of amides is 1. The fraction of sp³-hybridized carbons (Fsp3) is 0.167. The summed E-state index contributed by atoms with van der Waals surface area (Å²) in [5.74, 6) is -0.949. The van der Waals surface area contributed by atoms with Crippen molar-refractivity contribution in [2.75, 3.05) is 5.32 Å². The molecule has 0 spiro atoms. The molecule has 0 saturated carbocycles. The van der Waals surface area contributed by atoms with Crippen LogP contribution in [0.3, 0.4) is 0 Å². The molecule has 0 unspecified atom stereocenters. The topological polar surface area (TPSA) is 66.4 Å². The Morgan fingerprint density at radius 1 is 1.19 bits per heavy atom. The Labute approximate surface area is 92.6 Å². The quantitative estimate of drug-likeness (QED) is 0.742. The second kappa shape index (κ2) is 4.18. The molecule has 0 aromatic heterocycles. The van der Waals surface area contributed by atoms with E-state index in [9.17, 15) is 14.7 Å². The average Bonchev–Trinajstić information content (AvgIpc) is 2.60. The highest BCUT2D eigenvalue weighted by Gasteiger charge is 2.28. The molecule has 1 aliphatic rings. The van der Waals surface area contributed by atoms with Crippen LogP contribution in [0.1, 0.15) is 12.8 Å². The van der Waals surface area contributed by atoms with Crippen LogP contribution < -0.4 is 5.32 Å². The second-order valence-electron chi connectivity index (χ2n) is 3.57. The van der Waals surface area contributed by atoms with Crippen LogP contribution in [0.4, 0.5) is 5.69 Å². The molecule has 82 valence electrons. The van der Waals surface area contributed by atoms with Crippen molar-refractivity contribution >= 4 is 17.4 Å². The minimum Gasteiger partial charge on any atom is -0.511 e. The van der Waals surface area contributed by atoms with Crippen LogP contribution in [0.2, 0.25) is 0 Å². The Balaban J connectivity index is 2.16. The summed E-state index contributed by atoms with van der Waals surface area (Å²) in [6.07, 6.45) is 0.472. The van der Waals surface area contributed by atoms with Crippen molar-refractivity contribution in [2.45, 2.75) is 12.8 Å². The highest BCUT2D eigenvalue weighted by molar-refractivity contribution is 6.24. The molecule has 0 heterocycles. The van der Waals surface area contributed by atoms with Gasteiger partial charge in [0.1, 0.15) is 11.3 Å². The Bertz CT molecular complexity index is 462. The number of allylic oxidation sites excluding steroid dienone is 1. The number of benzene rings is 1. The standard InChI is InChI=1S/C12H11NO3/c14-9-6-7-10(15)11(9)12(16)13-8-4-2-1-3-5-8/h1-5,14H,6-7H2,(H,13,16). The first-order valence-electron chi connectivity index (χ1n) is 5.00. The minimum absolute atomic E-state index is 0.108. The van der Waals surface area contributed by atoms with Gasteiger partial charge in [-0.1, -0.05) is 18.2 Å². The number of carbonyl (C=O) groups is 2. The lowest BCUT2D eigenvalue weighted by Crippen LogP contribution is -2.18. The highest BCUT2D eigenvalue weighted by atomic mass is 16.3. The molecule has 4 heteroatoms. The normalized spacial score (nSPS) is 15.4. The molecule has 1 aromatic rings. The zero-order valence-corrected chi connectivity index (χ0v) is 8.56. The second-order valence-corrected chi connectivity index (χ2v) is 3.57. The molecule has 0 fully saturated rings. The molecule has 0 bridgehead atoms. The van der Waals surface area contributed by atoms with Crippen molar-refractivity contribution in [1.29, 1.82) is 0 Å². The van der Waals surface area contributed by atoms with Gasteiger partial charge in [0.2, 0.25) is 0 Å². The van der Waals surface area contributed by atoms with Gasteiger partial charge in [0, 0.05) is 18.5 Å². The third-order valence-electron chi connectivity index (χ3n) is 2.42. The van der Waals surface area contributed by atoms with Crippen LogP contribution in [0.15, 0.2) is 41.7 Å². The van der Waals surface area contributed by atoms with Gasteiger partial charge in [-0.05, 0) is 12.1 Å². The maximum absolute atomic E-state index is 11.7. The SMILES string of the molecule is O=C1CCC(O)=C1C(=O)Nc1ccccc1. The Morgan fingerprint density at radius 3 is 2.44 bits per heavy atom. The van der Waals surface area contributed by atoms with Crippen molar-refractivity contribution < 1.29 is 14.7 Å². The zero-order valence-electron chi connectivity index (χ0n) is 8.56. The van der Waals surface area contributed by atoms with Gasteiger partial charge in [0.15, 0.2) is 5.78 Å². The van der Waals surface area contributed by atoms with E-state index >= 15 is 0 Å². The number of hydrogen-bond donors (Lipinski definition) is 2. The molecule has 2 rings (SSSR count). The summed E-state index contributed by atoms with van der Waals surface area (Å²) in [6, 6.07) is 8.82. The summed E-state index contributed by atoms with van der Waals surface area (Å²) in [5, 5.41) is 12.0. The van der Waals surface area contributed by atoms with Gasteiger partial charge in [-0.15, -0.1) is 0 Å². The predicted molar refractivity (Wildman–Crippen MR) is 59.0 cm³/mol. The zero-order chi connectivity index (χ0) is 11.5. The number of anilines is 1. The van der Waals surface area contributed by atoms with E-state index in [4.69, 9.17) is 0 Å². The number of hydrogen-bond acceptors (Lipinski definition) is 3. The van der Waals surface area contributed by atoms with Crippen molar-refractivity contribution in [3.8, 4) is 0 Å². The molecule has 2 N–H and O–H groups in total. The maximum atomic E-state index is 11.7. The van der Waals surface area contributed by atoms with E-state index in [0.29, 0.717) is 5.69 Å². The average molecular weight is 217 g/mol. The number of para-hydroxylation sites is 1. The first-order chi connectivity index (χ1) is 7.68. The summed E-state index contributed by atoms with van der Waals surface area (Å²) in [6.45, 7) is 0. The molecule has 0 atom stereocenters. The van der Waals surface area contributed by atoms with Crippen LogP contribution in [-0.4, -0.2) is 16.8 Å². The van der Waals surface area contributed by atoms with E-state index in [0.717, 1.165) is 0 Å². The lowest BCUT2D eigenvalue weighted by Gasteiger charge is -2.04. The van der Waals surface area contributed by atoms with Crippen molar-refractivity contribution in [3.63, 3.8) is 0 Å². The van der Waals surface area contributed by atoms with Gasteiger partial charge in [0.25, 0.3) is 5.91 Å². The van der Waals surface area contributed by atoms with Gasteiger partial charge in [-0.25, -0.2) is 0 Å². The van der Waals surface area contributed by atoms with E-state index in [1.165, 1.54) is 0 Å². The molecule has 4 nitrogen and oxygen atoms in total. The van der Waals surface area contributed by atoms with Crippen molar-refractivity contribution in [2.24, 2.45) is 0 Å². The van der Waals surface area contributed by atoms with Gasteiger partial charge in [0.05, 0.1) is 0 Å². The molecule has 1 aromatic carbocycles. The van der Waals surface area contributed by atoms with Gasteiger partial charge < -0.3 is 10.4 Å². The molecule has 0 saturated heterocycles. The monoisotopic (exact) mass is 217 g/mol. The number of ketones is 1. The largest absolute Gasteiger partial charge is 0.511 e. The van der Waals surface area contributed by atoms with Gasteiger partial charge in [-0.2, -0.15) is 0 Å². The van der Waals surface area contributed by atoms with Gasteiger partial charge in [-0.3, -0.25) is 9.59 Å². The predicted octanol–water partition coefficient (Wildman–Crippen LogP) is 1.80. The minimum atomic E-state index is -0.536. The summed E-state index contributed by atoms with van der Waals surface area (Å²) in [7, 11) is 0. The van der Waals surface area contributed by atoms with Crippen molar-refractivity contribution in [1.82, 2.24) is 0 Å². The first kappa shape index (κ1) is 10.4. The van der Waals surface area contributed by atoms with Gasteiger partial charge >= 0.3 is 0 Å². The fourth-order valence-corrected chi connectivity index (χ4v) is 1.62. The number of rotatable bonds is 2. The van der Waals surface area contributed by atoms with Crippen LogP contribution in [-0.2, 0) is 9.59 Å². The van der Waals surface area contributed by atoms with E-state index in [-0.39, 0.29) is 30.0 Å². The number of nitrogens with one attached hydrogen (secondary N) is 1. The van der Waals surface area contributed by atoms with Crippen LogP contribution in [0.5, 0.6) is 0 Å². The lowest BCUT2D eigenvalue weighted by atomic mass is 10.2. The fourth-order valence-electron chi connectivity index (χ4n) is 1.62. The number of aliphatic hydroxyl groups excluding tert-OH is 1. The van der Waals surface area contributed by atoms with E-state index in [1.807, 2.05) is 6.07 Å². The summed E-state index contributed by atoms with van der Waals surface area (Å²) >= 11 is 0. The van der Waals surface area contributed by atoms with E-state index in [1.54, 1.807) is 24.3 Å². The molecule has 0 aliphatic heterocycles. The Kier molecular flexibility index (Phi) is 2.72. The maximum Gasteiger partial charge on any atom is 0.262 e. The summed E-state index contributed by atoms with van der Waals surface area (Å²) in [4.78, 5) is 23.0.